The third-order valence-corrected chi connectivity index (χ3v) is 4.61. The molecule has 1 aromatic carbocycles. The first kappa shape index (κ1) is 14.3. The summed E-state index contributed by atoms with van der Waals surface area (Å²) in [4.78, 5) is 11.8. The van der Waals surface area contributed by atoms with Crippen molar-refractivity contribution in [2.24, 2.45) is 5.92 Å². The Bertz CT molecular complexity index is 610. The van der Waals surface area contributed by atoms with E-state index in [4.69, 9.17) is 10.7 Å². The molecule has 1 atom stereocenters. The summed E-state index contributed by atoms with van der Waals surface area (Å²) in [5, 5.41) is 2.96. The van der Waals surface area contributed by atoms with Crippen molar-refractivity contribution in [1.29, 1.82) is 0 Å². The molecule has 0 unspecified atom stereocenters. The molecule has 104 valence electrons. The molecular formula is C13H16ClNO3S. The minimum Gasteiger partial charge on any atom is -0.352 e. The zero-order valence-electron chi connectivity index (χ0n) is 10.8. The van der Waals surface area contributed by atoms with Crippen LogP contribution >= 0.6 is 10.7 Å². The van der Waals surface area contributed by atoms with Gasteiger partial charge in [0.25, 0.3) is 9.05 Å². The Morgan fingerprint density at radius 2 is 1.95 bits per heavy atom. The number of halogens is 1. The number of carbonyl (C=O) groups excluding carboxylic acids is 1. The fraction of sp³-hybridized carbons (Fsp3) is 0.462. The van der Waals surface area contributed by atoms with Crippen LogP contribution in [0.4, 0.5) is 0 Å². The first-order chi connectivity index (χ1) is 8.77. The molecule has 6 heteroatoms. The van der Waals surface area contributed by atoms with E-state index in [2.05, 4.69) is 5.32 Å². The van der Waals surface area contributed by atoms with Crippen LogP contribution in [0, 0.1) is 5.92 Å². The molecule has 1 amide bonds. The molecule has 4 nitrogen and oxygen atoms in total. The molecule has 1 aliphatic rings. The maximum absolute atomic E-state index is 11.6. The van der Waals surface area contributed by atoms with Crippen LogP contribution in [0.2, 0.25) is 0 Å². The molecule has 2 rings (SSSR count). The normalized spacial score (nSPS) is 18.4. The molecule has 0 radical (unpaired) electrons. The quantitative estimate of drug-likeness (QED) is 0.867. The Balaban J connectivity index is 2.15. The number of hydrogen-bond acceptors (Lipinski definition) is 3. The number of hydrogen-bond donors (Lipinski definition) is 1. The standard InChI is InChI=1S/C13H16ClNO3S/c1-8(2)13(16)15-11-5-9-3-4-12(19(14,17)18)7-10(9)6-11/h3-4,7-8,11H,5-6H2,1-2H3,(H,15,16)/t11-/m0/s1. The van der Waals surface area contributed by atoms with E-state index in [-0.39, 0.29) is 22.8 Å². The first-order valence-electron chi connectivity index (χ1n) is 6.14. The molecular weight excluding hydrogens is 286 g/mol. The van der Waals surface area contributed by atoms with Gasteiger partial charge in [-0.3, -0.25) is 4.79 Å². The lowest BCUT2D eigenvalue weighted by molar-refractivity contribution is -0.124. The van der Waals surface area contributed by atoms with Gasteiger partial charge in [-0.25, -0.2) is 8.42 Å². The van der Waals surface area contributed by atoms with Crippen molar-refractivity contribution in [3.8, 4) is 0 Å². The predicted molar refractivity (Wildman–Crippen MR) is 73.7 cm³/mol. The van der Waals surface area contributed by atoms with E-state index in [1.807, 2.05) is 13.8 Å². The number of fused-ring (bicyclic) bond motifs is 1. The van der Waals surface area contributed by atoms with Crippen LogP contribution in [0.25, 0.3) is 0 Å². The molecule has 0 heterocycles. The van der Waals surface area contributed by atoms with Gasteiger partial charge < -0.3 is 5.32 Å². The molecule has 1 aromatic rings. The summed E-state index contributed by atoms with van der Waals surface area (Å²) in [7, 11) is 1.63. The predicted octanol–water partition coefficient (Wildman–Crippen LogP) is 1.85. The zero-order valence-corrected chi connectivity index (χ0v) is 12.4. The van der Waals surface area contributed by atoms with E-state index in [1.54, 1.807) is 12.1 Å². The number of nitrogens with one attached hydrogen (secondary N) is 1. The van der Waals surface area contributed by atoms with Gasteiger partial charge in [0.15, 0.2) is 0 Å². The average Bonchev–Trinajstić information content (AvgIpc) is 2.68. The van der Waals surface area contributed by atoms with E-state index in [9.17, 15) is 13.2 Å². The molecule has 0 spiro atoms. The fourth-order valence-corrected chi connectivity index (χ4v) is 3.02. The third-order valence-electron chi connectivity index (χ3n) is 3.26. The van der Waals surface area contributed by atoms with E-state index in [1.165, 1.54) is 6.07 Å². The van der Waals surface area contributed by atoms with Gasteiger partial charge >= 0.3 is 0 Å². The topological polar surface area (TPSA) is 63.2 Å². The van der Waals surface area contributed by atoms with Crippen molar-refractivity contribution in [1.82, 2.24) is 5.32 Å². The van der Waals surface area contributed by atoms with Gasteiger partial charge in [-0.2, -0.15) is 0 Å². The summed E-state index contributed by atoms with van der Waals surface area (Å²) in [5.74, 6) is -0.0366. The minimum absolute atomic E-state index is 0.0167. The molecule has 1 aliphatic carbocycles. The van der Waals surface area contributed by atoms with Crippen LogP contribution in [0.5, 0.6) is 0 Å². The molecule has 19 heavy (non-hydrogen) atoms. The molecule has 0 aliphatic heterocycles. The molecule has 0 aromatic heterocycles. The Kier molecular flexibility index (Phi) is 3.87. The van der Waals surface area contributed by atoms with E-state index < -0.39 is 9.05 Å². The van der Waals surface area contributed by atoms with Crippen LogP contribution in [-0.4, -0.2) is 20.4 Å². The summed E-state index contributed by atoms with van der Waals surface area (Å²) in [6.07, 6.45) is 1.38. The lowest BCUT2D eigenvalue weighted by atomic mass is 10.1. The Labute approximate surface area is 117 Å². The van der Waals surface area contributed by atoms with E-state index >= 15 is 0 Å². The Hall–Kier alpha value is -1.07. The number of amides is 1. The second kappa shape index (κ2) is 5.13. The molecule has 0 bridgehead atoms. The highest BCUT2D eigenvalue weighted by molar-refractivity contribution is 8.13. The van der Waals surface area contributed by atoms with Crippen molar-refractivity contribution in [2.45, 2.75) is 37.6 Å². The lowest BCUT2D eigenvalue weighted by Gasteiger charge is -2.13. The molecule has 0 saturated carbocycles. The summed E-state index contributed by atoms with van der Waals surface area (Å²) in [5.41, 5.74) is 2.01. The highest BCUT2D eigenvalue weighted by Gasteiger charge is 2.25. The van der Waals surface area contributed by atoms with Crippen LogP contribution in [-0.2, 0) is 26.7 Å². The van der Waals surface area contributed by atoms with E-state index in [0.717, 1.165) is 17.5 Å². The average molecular weight is 302 g/mol. The fourth-order valence-electron chi connectivity index (χ4n) is 2.22. The SMILES string of the molecule is CC(C)C(=O)N[C@H]1Cc2ccc(S(=O)(=O)Cl)cc2C1. The van der Waals surface area contributed by atoms with Gasteiger partial charge in [-0.05, 0) is 36.1 Å². The molecule has 1 N–H and O–H groups in total. The van der Waals surface area contributed by atoms with Crippen LogP contribution in [0.1, 0.15) is 25.0 Å². The van der Waals surface area contributed by atoms with E-state index in [0.29, 0.717) is 6.42 Å². The van der Waals surface area contributed by atoms with Crippen LogP contribution in [0.15, 0.2) is 23.1 Å². The molecule has 0 saturated heterocycles. The van der Waals surface area contributed by atoms with Crippen LogP contribution in [0.3, 0.4) is 0 Å². The Morgan fingerprint density at radius 1 is 1.32 bits per heavy atom. The number of benzene rings is 1. The van der Waals surface area contributed by atoms with Gasteiger partial charge in [0, 0.05) is 22.6 Å². The maximum atomic E-state index is 11.6. The van der Waals surface area contributed by atoms with Gasteiger partial charge in [0.2, 0.25) is 5.91 Å². The maximum Gasteiger partial charge on any atom is 0.261 e. The lowest BCUT2D eigenvalue weighted by Crippen LogP contribution is -2.37. The van der Waals surface area contributed by atoms with Crippen molar-refractivity contribution < 1.29 is 13.2 Å². The largest absolute Gasteiger partial charge is 0.352 e. The number of rotatable bonds is 3. The monoisotopic (exact) mass is 301 g/mol. The van der Waals surface area contributed by atoms with Gasteiger partial charge in [0.1, 0.15) is 0 Å². The van der Waals surface area contributed by atoms with Crippen molar-refractivity contribution in [2.75, 3.05) is 0 Å². The van der Waals surface area contributed by atoms with Crippen molar-refractivity contribution >= 4 is 25.6 Å². The van der Waals surface area contributed by atoms with Crippen molar-refractivity contribution in [3.63, 3.8) is 0 Å². The first-order valence-corrected chi connectivity index (χ1v) is 8.45. The Morgan fingerprint density at radius 3 is 2.53 bits per heavy atom. The van der Waals surface area contributed by atoms with Gasteiger partial charge in [-0.15, -0.1) is 0 Å². The third kappa shape index (κ3) is 3.28. The van der Waals surface area contributed by atoms with Crippen molar-refractivity contribution in [3.05, 3.63) is 29.3 Å². The second-order valence-corrected chi connectivity index (χ2v) is 7.70. The smallest absolute Gasteiger partial charge is 0.261 e. The van der Waals surface area contributed by atoms with Gasteiger partial charge in [-0.1, -0.05) is 19.9 Å². The summed E-state index contributed by atoms with van der Waals surface area (Å²) in [6, 6.07) is 4.91. The van der Waals surface area contributed by atoms with Crippen LogP contribution < -0.4 is 5.32 Å². The zero-order chi connectivity index (χ0) is 14.2. The van der Waals surface area contributed by atoms with Gasteiger partial charge in [0.05, 0.1) is 4.90 Å². The summed E-state index contributed by atoms with van der Waals surface area (Å²) >= 11 is 0. The summed E-state index contributed by atoms with van der Waals surface area (Å²) in [6.45, 7) is 3.69. The molecule has 0 fully saturated rings. The number of carbonyl (C=O) groups is 1. The minimum atomic E-state index is -3.69. The highest BCUT2D eigenvalue weighted by atomic mass is 35.7. The summed E-state index contributed by atoms with van der Waals surface area (Å²) < 4.78 is 22.6. The highest BCUT2D eigenvalue weighted by Crippen LogP contribution is 2.26. The second-order valence-electron chi connectivity index (χ2n) is 5.14.